The minimum atomic E-state index is 0.801. The normalized spacial score (nSPS) is 9.18. The Morgan fingerprint density at radius 2 is 1.18 bits per heavy atom. The van der Waals surface area contributed by atoms with Crippen LogP contribution in [0.15, 0.2) is 48.5 Å². The van der Waals surface area contributed by atoms with Crippen molar-refractivity contribution in [1.29, 1.82) is 0 Å². The molecule has 2 aromatic rings. The molecule has 90 valence electrons. The Bertz CT molecular complexity index is 410. The van der Waals surface area contributed by atoms with E-state index in [-0.39, 0.29) is 0 Å². The highest BCUT2D eigenvalue weighted by molar-refractivity contribution is 6.30. The first kappa shape index (κ1) is 13.6. The molecular weight excluding hydrogens is 232 g/mol. The molecule has 0 aliphatic rings. The van der Waals surface area contributed by atoms with E-state index in [9.17, 15) is 0 Å². The molecule has 0 saturated heterocycles. The maximum absolute atomic E-state index is 5.61. The number of methoxy groups -OCH3 is 1. The van der Waals surface area contributed by atoms with E-state index in [0.717, 1.165) is 10.8 Å². The largest absolute Gasteiger partial charge is 0.497 e. The van der Waals surface area contributed by atoms with E-state index in [1.165, 1.54) is 11.1 Å². The summed E-state index contributed by atoms with van der Waals surface area (Å²) in [6, 6.07) is 15.7. The molecule has 0 aliphatic heterocycles. The van der Waals surface area contributed by atoms with Crippen molar-refractivity contribution in [1.82, 2.24) is 0 Å². The average Bonchev–Trinajstić information content (AvgIpc) is 2.35. The molecule has 0 aromatic heterocycles. The van der Waals surface area contributed by atoms with Crippen LogP contribution in [0.25, 0.3) is 0 Å². The van der Waals surface area contributed by atoms with Crippen LogP contribution in [0.4, 0.5) is 0 Å². The van der Waals surface area contributed by atoms with Crippen LogP contribution in [0.2, 0.25) is 5.02 Å². The van der Waals surface area contributed by atoms with Gasteiger partial charge in [0.25, 0.3) is 0 Å². The van der Waals surface area contributed by atoms with E-state index in [1.54, 1.807) is 7.11 Å². The van der Waals surface area contributed by atoms with Crippen LogP contribution in [0.1, 0.15) is 11.1 Å². The van der Waals surface area contributed by atoms with Crippen molar-refractivity contribution in [3.05, 3.63) is 64.7 Å². The summed E-state index contributed by atoms with van der Waals surface area (Å²) < 4.78 is 4.97. The predicted molar refractivity (Wildman–Crippen MR) is 73.9 cm³/mol. The Morgan fingerprint density at radius 3 is 1.53 bits per heavy atom. The quantitative estimate of drug-likeness (QED) is 0.714. The van der Waals surface area contributed by atoms with E-state index in [4.69, 9.17) is 16.3 Å². The molecule has 2 heteroatoms. The summed E-state index contributed by atoms with van der Waals surface area (Å²) >= 11 is 5.61. The van der Waals surface area contributed by atoms with Crippen LogP contribution in [0, 0.1) is 13.8 Å². The molecular formula is C15H17ClO. The molecule has 0 unspecified atom stereocenters. The second-order valence-corrected chi connectivity index (χ2v) is 4.25. The average molecular weight is 249 g/mol. The Balaban J connectivity index is 0.000000171. The highest BCUT2D eigenvalue weighted by Crippen LogP contribution is 2.09. The highest BCUT2D eigenvalue weighted by Gasteiger charge is 1.85. The fraction of sp³-hybridized carbons (Fsp3) is 0.200. The minimum Gasteiger partial charge on any atom is -0.497 e. The van der Waals surface area contributed by atoms with Crippen molar-refractivity contribution in [2.45, 2.75) is 13.8 Å². The van der Waals surface area contributed by atoms with Gasteiger partial charge in [-0.2, -0.15) is 0 Å². The predicted octanol–water partition coefficient (Wildman–Crippen LogP) is 4.65. The lowest BCUT2D eigenvalue weighted by atomic mass is 10.2. The molecule has 17 heavy (non-hydrogen) atoms. The molecule has 0 atom stereocenters. The fourth-order valence-corrected chi connectivity index (χ4v) is 1.33. The molecule has 0 fully saturated rings. The van der Waals surface area contributed by atoms with E-state index in [2.05, 4.69) is 6.92 Å². The monoisotopic (exact) mass is 248 g/mol. The molecule has 0 saturated carbocycles. The molecule has 0 heterocycles. The van der Waals surface area contributed by atoms with Gasteiger partial charge in [0, 0.05) is 5.02 Å². The maximum atomic E-state index is 5.61. The first-order valence-electron chi connectivity index (χ1n) is 5.44. The summed E-state index contributed by atoms with van der Waals surface area (Å²) in [5.74, 6) is 0.917. The van der Waals surface area contributed by atoms with Crippen LogP contribution in [-0.4, -0.2) is 7.11 Å². The van der Waals surface area contributed by atoms with Crippen molar-refractivity contribution in [3.63, 3.8) is 0 Å². The lowest BCUT2D eigenvalue weighted by Crippen LogP contribution is -1.80. The van der Waals surface area contributed by atoms with Crippen LogP contribution in [0.5, 0.6) is 5.75 Å². The molecule has 0 N–H and O–H groups in total. The van der Waals surface area contributed by atoms with Gasteiger partial charge in [-0.3, -0.25) is 0 Å². The second kappa shape index (κ2) is 6.97. The van der Waals surface area contributed by atoms with Gasteiger partial charge in [0.2, 0.25) is 0 Å². The Kier molecular flexibility index (Phi) is 5.58. The maximum Gasteiger partial charge on any atom is 0.118 e. The minimum absolute atomic E-state index is 0.801. The molecule has 0 aliphatic carbocycles. The number of aryl methyl sites for hydroxylation is 2. The number of hydrogen-bond acceptors (Lipinski definition) is 1. The van der Waals surface area contributed by atoms with Gasteiger partial charge in [0.1, 0.15) is 5.75 Å². The van der Waals surface area contributed by atoms with Crippen molar-refractivity contribution in [2.75, 3.05) is 7.11 Å². The number of halogens is 1. The standard InChI is InChI=1S/C8H10O.C7H7Cl/c1-7-3-5-8(9-2)6-4-7;1-6-2-4-7(8)5-3-6/h3-6H,1-2H3;2-5H,1H3. The number of benzene rings is 2. The van der Waals surface area contributed by atoms with E-state index in [1.807, 2.05) is 55.5 Å². The molecule has 0 spiro atoms. The van der Waals surface area contributed by atoms with E-state index < -0.39 is 0 Å². The molecule has 2 aromatic carbocycles. The van der Waals surface area contributed by atoms with Crippen LogP contribution in [-0.2, 0) is 0 Å². The SMILES string of the molecule is COc1ccc(C)cc1.Cc1ccc(Cl)cc1. The van der Waals surface area contributed by atoms with Gasteiger partial charge >= 0.3 is 0 Å². The summed E-state index contributed by atoms with van der Waals surface area (Å²) in [7, 11) is 1.67. The summed E-state index contributed by atoms with van der Waals surface area (Å²) in [6.07, 6.45) is 0. The lowest BCUT2D eigenvalue weighted by molar-refractivity contribution is 0.414. The molecule has 2 rings (SSSR count). The topological polar surface area (TPSA) is 9.23 Å². The van der Waals surface area contributed by atoms with Crippen LogP contribution in [0.3, 0.4) is 0 Å². The van der Waals surface area contributed by atoms with Gasteiger partial charge in [-0.25, -0.2) is 0 Å². The number of ether oxygens (including phenoxy) is 1. The first-order valence-corrected chi connectivity index (χ1v) is 5.82. The highest BCUT2D eigenvalue weighted by atomic mass is 35.5. The Hall–Kier alpha value is -1.47. The van der Waals surface area contributed by atoms with Gasteiger partial charge in [-0.15, -0.1) is 0 Å². The number of hydrogen-bond donors (Lipinski definition) is 0. The zero-order chi connectivity index (χ0) is 12.7. The van der Waals surface area contributed by atoms with Crippen molar-refractivity contribution in [3.8, 4) is 5.75 Å². The first-order chi connectivity index (χ1) is 8.11. The van der Waals surface area contributed by atoms with Crippen molar-refractivity contribution < 1.29 is 4.74 Å². The summed E-state index contributed by atoms with van der Waals surface area (Å²) in [6.45, 7) is 4.09. The van der Waals surface area contributed by atoms with Crippen molar-refractivity contribution in [2.24, 2.45) is 0 Å². The third-order valence-electron chi connectivity index (χ3n) is 2.27. The Labute approximate surface area is 108 Å². The molecule has 0 radical (unpaired) electrons. The van der Waals surface area contributed by atoms with Gasteiger partial charge in [0.05, 0.1) is 7.11 Å². The van der Waals surface area contributed by atoms with Crippen LogP contribution < -0.4 is 4.74 Å². The van der Waals surface area contributed by atoms with Gasteiger partial charge in [0.15, 0.2) is 0 Å². The van der Waals surface area contributed by atoms with Gasteiger partial charge in [-0.1, -0.05) is 47.0 Å². The molecule has 0 bridgehead atoms. The van der Waals surface area contributed by atoms with Gasteiger partial charge in [-0.05, 0) is 38.1 Å². The molecule has 1 nitrogen and oxygen atoms in total. The third-order valence-corrected chi connectivity index (χ3v) is 2.52. The zero-order valence-corrected chi connectivity index (χ0v) is 11.2. The number of rotatable bonds is 1. The summed E-state index contributed by atoms with van der Waals surface area (Å²) in [5, 5.41) is 0.801. The van der Waals surface area contributed by atoms with Crippen LogP contribution >= 0.6 is 11.6 Å². The summed E-state index contributed by atoms with van der Waals surface area (Å²) in [4.78, 5) is 0. The third kappa shape index (κ3) is 5.41. The van der Waals surface area contributed by atoms with E-state index >= 15 is 0 Å². The van der Waals surface area contributed by atoms with Crippen molar-refractivity contribution >= 4 is 11.6 Å². The smallest absolute Gasteiger partial charge is 0.118 e. The lowest BCUT2D eigenvalue weighted by Gasteiger charge is -1.97. The van der Waals surface area contributed by atoms with Gasteiger partial charge < -0.3 is 4.74 Å². The van der Waals surface area contributed by atoms with E-state index in [0.29, 0.717) is 0 Å². The summed E-state index contributed by atoms with van der Waals surface area (Å²) in [5.41, 5.74) is 2.50. The Morgan fingerprint density at radius 1 is 0.765 bits per heavy atom. The second-order valence-electron chi connectivity index (χ2n) is 3.81. The fourth-order valence-electron chi connectivity index (χ4n) is 1.21. The zero-order valence-electron chi connectivity index (χ0n) is 10.4. The molecule has 0 amide bonds.